The van der Waals surface area contributed by atoms with Crippen LogP contribution in [0, 0.1) is 6.92 Å². The molecule has 0 aliphatic heterocycles. The van der Waals surface area contributed by atoms with Crippen LogP contribution in [0.2, 0.25) is 0 Å². The number of oxazole rings is 1. The van der Waals surface area contributed by atoms with E-state index in [0.29, 0.717) is 16.8 Å². The highest BCUT2D eigenvalue weighted by molar-refractivity contribution is 5.79. The molecule has 1 heterocycles. The number of hydrogen-bond acceptors (Lipinski definition) is 3. The van der Waals surface area contributed by atoms with E-state index in [2.05, 4.69) is 4.98 Å². The molecule has 2 aromatic rings. The Morgan fingerprint density at radius 3 is 3.00 bits per heavy atom. The van der Waals surface area contributed by atoms with Crippen LogP contribution in [0.1, 0.15) is 5.56 Å². The fourth-order valence-corrected chi connectivity index (χ4v) is 1.26. The number of anilines is 1. The van der Waals surface area contributed by atoms with E-state index >= 15 is 0 Å². The summed E-state index contributed by atoms with van der Waals surface area (Å²) >= 11 is 0. The number of fused-ring (bicyclic) bond motifs is 1. The molecule has 0 radical (unpaired) electrons. The lowest BCUT2D eigenvalue weighted by atomic mass is 10.2. The maximum absolute atomic E-state index is 10.8. The number of nitrogen functional groups attached to an aromatic ring is 1. The number of hydrogen-bond donors (Lipinski definition) is 2. The van der Waals surface area contributed by atoms with Crippen molar-refractivity contribution >= 4 is 16.8 Å². The van der Waals surface area contributed by atoms with Crippen LogP contribution in [0.15, 0.2) is 21.3 Å². The second kappa shape index (κ2) is 2.14. The van der Waals surface area contributed by atoms with Gasteiger partial charge in [-0.15, -0.1) is 0 Å². The van der Waals surface area contributed by atoms with Crippen LogP contribution in [-0.2, 0) is 0 Å². The number of aromatic amines is 1. The lowest BCUT2D eigenvalue weighted by Crippen LogP contribution is -1.93. The number of H-pyrrole nitrogens is 1. The highest BCUT2D eigenvalue weighted by Gasteiger charge is 2.03. The van der Waals surface area contributed by atoms with Gasteiger partial charge < -0.3 is 10.2 Å². The molecule has 12 heavy (non-hydrogen) atoms. The predicted octanol–water partition coefficient (Wildman–Crippen LogP) is 1.01. The Hall–Kier alpha value is -1.71. The van der Waals surface area contributed by atoms with Gasteiger partial charge in [0.15, 0.2) is 5.58 Å². The molecule has 0 saturated heterocycles. The van der Waals surface area contributed by atoms with Gasteiger partial charge in [0.25, 0.3) is 0 Å². The molecule has 3 N–H and O–H groups in total. The molecule has 1 aromatic carbocycles. The number of nitrogens with one attached hydrogen (secondary N) is 1. The quantitative estimate of drug-likeness (QED) is 0.571. The van der Waals surface area contributed by atoms with Crippen LogP contribution in [-0.4, -0.2) is 4.98 Å². The number of aromatic nitrogens is 1. The average molecular weight is 164 g/mol. The van der Waals surface area contributed by atoms with Crippen molar-refractivity contribution in [1.29, 1.82) is 0 Å². The maximum atomic E-state index is 10.8. The van der Waals surface area contributed by atoms with Crippen molar-refractivity contribution in [3.63, 3.8) is 0 Å². The number of rotatable bonds is 0. The Balaban J connectivity index is 2.97. The van der Waals surface area contributed by atoms with Crippen LogP contribution in [0.5, 0.6) is 0 Å². The molecule has 0 atom stereocenters. The molecule has 0 bridgehead atoms. The fourth-order valence-electron chi connectivity index (χ4n) is 1.26. The molecular formula is C8H8N2O2. The summed E-state index contributed by atoms with van der Waals surface area (Å²) in [7, 11) is 0. The minimum atomic E-state index is -0.446. The monoisotopic (exact) mass is 164 g/mol. The minimum Gasteiger partial charge on any atom is -0.408 e. The van der Waals surface area contributed by atoms with E-state index in [0.717, 1.165) is 5.56 Å². The Labute approximate surface area is 68.0 Å². The maximum Gasteiger partial charge on any atom is 0.417 e. The molecule has 4 nitrogen and oxygen atoms in total. The summed E-state index contributed by atoms with van der Waals surface area (Å²) in [6, 6.07) is 3.44. The predicted molar refractivity (Wildman–Crippen MR) is 46.0 cm³/mol. The summed E-state index contributed by atoms with van der Waals surface area (Å²) in [5.74, 6) is -0.446. The van der Waals surface area contributed by atoms with Gasteiger partial charge in [-0.25, -0.2) is 4.79 Å². The Morgan fingerprint density at radius 2 is 2.25 bits per heavy atom. The second-order valence-corrected chi connectivity index (χ2v) is 2.73. The van der Waals surface area contributed by atoms with Gasteiger partial charge in [0.1, 0.15) is 0 Å². The van der Waals surface area contributed by atoms with Crippen molar-refractivity contribution in [3.05, 3.63) is 28.2 Å². The van der Waals surface area contributed by atoms with E-state index in [1.807, 2.05) is 6.92 Å². The third kappa shape index (κ3) is 0.887. The molecule has 4 heteroatoms. The molecular weight excluding hydrogens is 156 g/mol. The van der Waals surface area contributed by atoms with Gasteiger partial charge in [0.05, 0.1) is 5.52 Å². The third-order valence-electron chi connectivity index (χ3n) is 1.73. The normalized spacial score (nSPS) is 10.8. The lowest BCUT2D eigenvalue weighted by molar-refractivity contribution is 0.553. The standard InChI is InChI=1S/C8H8N2O2/c1-4-2-5(9)3-6-7(4)12-8(11)10-6/h2-3H,9H2,1H3,(H,10,11). The molecule has 0 aliphatic rings. The van der Waals surface area contributed by atoms with Crippen molar-refractivity contribution in [2.45, 2.75) is 6.92 Å². The summed E-state index contributed by atoms with van der Waals surface area (Å²) in [6.07, 6.45) is 0. The first-order chi connectivity index (χ1) is 5.66. The molecule has 0 aliphatic carbocycles. The highest BCUT2D eigenvalue weighted by atomic mass is 16.4. The Kier molecular flexibility index (Phi) is 1.24. The smallest absolute Gasteiger partial charge is 0.408 e. The Morgan fingerprint density at radius 1 is 1.50 bits per heavy atom. The molecule has 0 unspecified atom stereocenters. The fraction of sp³-hybridized carbons (Fsp3) is 0.125. The average Bonchev–Trinajstić information content (AvgIpc) is 2.29. The van der Waals surface area contributed by atoms with Crippen LogP contribution < -0.4 is 11.5 Å². The van der Waals surface area contributed by atoms with Gasteiger partial charge >= 0.3 is 5.76 Å². The SMILES string of the molecule is Cc1cc(N)cc2[nH]c(=O)oc12. The molecule has 2 rings (SSSR count). The zero-order valence-electron chi connectivity index (χ0n) is 6.55. The number of nitrogens with two attached hydrogens (primary N) is 1. The van der Waals surface area contributed by atoms with Gasteiger partial charge in [-0.1, -0.05) is 0 Å². The molecule has 0 fully saturated rings. The van der Waals surface area contributed by atoms with Crippen molar-refractivity contribution in [2.75, 3.05) is 5.73 Å². The van der Waals surface area contributed by atoms with E-state index in [-0.39, 0.29) is 0 Å². The molecule has 0 saturated carbocycles. The summed E-state index contributed by atoms with van der Waals surface area (Å²) in [5, 5.41) is 0. The van der Waals surface area contributed by atoms with Crippen LogP contribution in [0.4, 0.5) is 5.69 Å². The van der Waals surface area contributed by atoms with Crippen LogP contribution in [0.3, 0.4) is 0 Å². The number of aryl methyl sites for hydroxylation is 1. The zero-order chi connectivity index (χ0) is 8.72. The van der Waals surface area contributed by atoms with E-state index in [9.17, 15) is 4.79 Å². The van der Waals surface area contributed by atoms with Crippen molar-refractivity contribution in [2.24, 2.45) is 0 Å². The van der Waals surface area contributed by atoms with Gasteiger partial charge in [0, 0.05) is 5.69 Å². The first-order valence-corrected chi connectivity index (χ1v) is 3.56. The van der Waals surface area contributed by atoms with E-state index in [1.165, 1.54) is 0 Å². The van der Waals surface area contributed by atoms with Gasteiger partial charge in [-0.3, -0.25) is 4.98 Å². The second-order valence-electron chi connectivity index (χ2n) is 2.73. The van der Waals surface area contributed by atoms with Crippen LogP contribution in [0.25, 0.3) is 11.1 Å². The van der Waals surface area contributed by atoms with Gasteiger partial charge in [0.2, 0.25) is 0 Å². The van der Waals surface area contributed by atoms with Gasteiger partial charge in [-0.2, -0.15) is 0 Å². The molecule has 62 valence electrons. The van der Waals surface area contributed by atoms with Crippen molar-refractivity contribution in [1.82, 2.24) is 4.98 Å². The summed E-state index contributed by atoms with van der Waals surface area (Å²) in [5.41, 5.74) is 8.29. The van der Waals surface area contributed by atoms with E-state index in [4.69, 9.17) is 10.2 Å². The van der Waals surface area contributed by atoms with Crippen LogP contribution >= 0.6 is 0 Å². The highest BCUT2D eigenvalue weighted by Crippen LogP contribution is 2.18. The zero-order valence-corrected chi connectivity index (χ0v) is 6.55. The first-order valence-electron chi connectivity index (χ1n) is 3.56. The number of benzene rings is 1. The van der Waals surface area contributed by atoms with E-state index in [1.54, 1.807) is 12.1 Å². The minimum absolute atomic E-state index is 0.446. The van der Waals surface area contributed by atoms with Crippen molar-refractivity contribution in [3.8, 4) is 0 Å². The molecule has 0 amide bonds. The lowest BCUT2D eigenvalue weighted by Gasteiger charge is -1.95. The first kappa shape index (κ1) is 6.97. The topological polar surface area (TPSA) is 72.0 Å². The third-order valence-corrected chi connectivity index (χ3v) is 1.73. The summed E-state index contributed by atoms with van der Waals surface area (Å²) in [4.78, 5) is 13.3. The Bertz CT molecular complexity index is 481. The molecule has 1 aromatic heterocycles. The molecule has 0 spiro atoms. The van der Waals surface area contributed by atoms with Crippen molar-refractivity contribution < 1.29 is 4.42 Å². The van der Waals surface area contributed by atoms with Gasteiger partial charge in [-0.05, 0) is 24.6 Å². The van der Waals surface area contributed by atoms with E-state index < -0.39 is 5.76 Å². The summed E-state index contributed by atoms with van der Waals surface area (Å²) < 4.78 is 4.89. The largest absolute Gasteiger partial charge is 0.417 e. The summed E-state index contributed by atoms with van der Waals surface area (Å²) in [6.45, 7) is 1.84.